The molecular formula is C7H19NO3Si. The van der Waals surface area contributed by atoms with E-state index in [2.05, 4.69) is 0 Å². The minimum Gasteiger partial charge on any atom is -0.377 e. The Morgan fingerprint density at radius 1 is 1.25 bits per heavy atom. The second-order valence-corrected chi connectivity index (χ2v) is 6.24. The lowest BCUT2D eigenvalue weighted by molar-refractivity contribution is 0.0100. The Hall–Kier alpha value is 0.0569. The van der Waals surface area contributed by atoms with Crippen molar-refractivity contribution in [2.45, 2.75) is 32.5 Å². The molecular weight excluding hydrogens is 174 g/mol. The molecule has 0 heterocycles. The van der Waals surface area contributed by atoms with Gasteiger partial charge in [-0.15, -0.1) is 0 Å². The highest BCUT2D eigenvalue weighted by Gasteiger charge is 2.40. The first-order valence-corrected chi connectivity index (χ1v) is 5.91. The van der Waals surface area contributed by atoms with Gasteiger partial charge in [0.15, 0.2) is 0 Å². The van der Waals surface area contributed by atoms with Crippen molar-refractivity contribution in [3.8, 4) is 0 Å². The van der Waals surface area contributed by atoms with E-state index < -0.39 is 14.5 Å². The molecule has 0 aliphatic rings. The van der Waals surface area contributed by atoms with Crippen LogP contribution in [0.2, 0.25) is 6.04 Å². The maximum Gasteiger partial charge on any atom is 0.501 e. The largest absolute Gasteiger partial charge is 0.501 e. The summed E-state index contributed by atoms with van der Waals surface area (Å²) in [5, 5.41) is 0. The van der Waals surface area contributed by atoms with E-state index in [1.54, 1.807) is 28.1 Å². The molecule has 0 aliphatic heterocycles. The van der Waals surface area contributed by atoms with Crippen LogP contribution >= 0.6 is 0 Å². The van der Waals surface area contributed by atoms with Crippen molar-refractivity contribution in [1.29, 1.82) is 0 Å². The van der Waals surface area contributed by atoms with Crippen LogP contribution in [-0.2, 0) is 13.3 Å². The van der Waals surface area contributed by atoms with E-state index in [1.807, 2.05) is 6.92 Å². The average molecular weight is 193 g/mol. The van der Waals surface area contributed by atoms with E-state index in [-0.39, 0.29) is 0 Å². The van der Waals surface area contributed by atoms with Crippen molar-refractivity contribution in [2.24, 2.45) is 5.73 Å². The van der Waals surface area contributed by atoms with E-state index >= 15 is 0 Å². The molecule has 0 aromatic rings. The fourth-order valence-corrected chi connectivity index (χ4v) is 2.78. The third kappa shape index (κ3) is 3.64. The molecule has 0 amide bonds. The molecule has 0 aromatic heterocycles. The van der Waals surface area contributed by atoms with E-state index in [1.165, 1.54) is 0 Å². The van der Waals surface area contributed by atoms with Gasteiger partial charge in [0.05, 0.1) is 0 Å². The van der Waals surface area contributed by atoms with E-state index in [0.29, 0.717) is 0 Å². The van der Waals surface area contributed by atoms with Crippen LogP contribution in [0.4, 0.5) is 0 Å². The van der Waals surface area contributed by atoms with Crippen molar-refractivity contribution < 1.29 is 13.3 Å². The summed E-state index contributed by atoms with van der Waals surface area (Å²) in [5.74, 6) is 0. The highest BCUT2D eigenvalue weighted by molar-refractivity contribution is 6.60. The predicted molar refractivity (Wildman–Crippen MR) is 49.6 cm³/mol. The summed E-state index contributed by atoms with van der Waals surface area (Å²) in [6, 6.07) is 0.723. The lowest BCUT2D eigenvalue weighted by atomic mass is 10.4. The Bertz CT molecular complexity index is 123. The molecule has 0 aromatic carbocycles. The molecule has 74 valence electrons. The molecule has 2 N–H and O–H groups in total. The first kappa shape index (κ1) is 12.1. The predicted octanol–water partition coefficient (Wildman–Crippen LogP) is 0.949. The first-order chi connectivity index (χ1) is 5.39. The zero-order valence-electron chi connectivity index (χ0n) is 8.51. The molecule has 0 saturated carbocycles. The maximum absolute atomic E-state index is 5.70. The summed E-state index contributed by atoms with van der Waals surface area (Å²) >= 11 is 0. The molecule has 0 aliphatic carbocycles. The molecule has 12 heavy (non-hydrogen) atoms. The van der Waals surface area contributed by atoms with E-state index in [0.717, 1.165) is 6.04 Å². The monoisotopic (exact) mass is 193 g/mol. The molecule has 0 spiro atoms. The van der Waals surface area contributed by atoms with Crippen LogP contribution in [0.15, 0.2) is 0 Å². The van der Waals surface area contributed by atoms with Crippen LogP contribution in [0, 0.1) is 0 Å². The van der Waals surface area contributed by atoms with Crippen molar-refractivity contribution in [2.75, 3.05) is 14.2 Å². The fraction of sp³-hybridized carbons (Fsp3) is 1.00. The summed E-state index contributed by atoms with van der Waals surface area (Å²) in [6.07, 6.45) is 0. The van der Waals surface area contributed by atoms with E-state index in [4.69, 9.17) is 19.0 Å². The molecule has 0 unspecified atom stereocenters. The third-order valence-corrected chi connectivity index (χ3v) is 4.42. The molecule has 0 radical (unpaired) electrons. The van der Waals surface area contributed by atoms with Gasteiger partial charge in [-0.1, -0.05) is 6.92 Å². The highest BCUT2D eigenvalue weighted by Crippen LogP contribution is 2.18. The van der Waals surface area contributed by atoms with Gasteiger partial charge in [-0.3, -0.25) is 0 Å². The van der Waals surface area contributed by atoms with Crippen LogP contribution in [-0.4, -0.2) is 28.7 Å². The molecule has 0 atom stereocenters. The zero-order valence-corrected chi connectivity index (χ0v) is 9.51. The molecule has 0 rings (SSSR count). The van der Waals surface area contributed by atoms with Crippen LogP contribution < -0.4 is 5.73 Å². The van der Waals surface area contributed by atoms with Gasteiger partial charge in [0.2, 0.25) is 0 Å². The molecule has 4 nitrogen and oxygen atoms in total. The van der Waals surface area contributed by atoms with Crippen molar-refractivity contribution in [1.82, 2.24) is 0 Å². The van der Waals surface area contributed by atoms with Gasteiger partial charge in [0.25, 0.3) is 0 Å². The minimum absolute atomic E-state index is 0.700. The normalized spacial score (nSPS) is 13.5. The number of hydrogen-bond donors (Lipinski definition) is 1. The summed E-state index contributed by atoms with van der Waals surface area (Å²) < 4.78 is 16.0. The minimum atomic E-state index is -2.48. The first-order valence-electron chi connectivity index (χ1n) is 3.98. The quantitative estimate of drug-likeness (QED) is 0.522. The second-order valence-electron chi connectivity index (χ2n) is 3.15. The topological polar surface area (TPSA) is 53.7 Å². The van der Waals surface area contributed by atoms with Crippen molar-refractivity contribution >= 4 is 8.80 Å². The van der Waals surface area contributed by atoms with Gasteiger partial charge in [-0.25, -0.2) is 0 Å². The molecule has 0 bridgehead atoms. The second kappa shape index (κ2) is 4.34. The number of hydrogen-bond acceptors (Lipinski definition) is 4. The smallest absolute Gasteiger partial charge is 0.377 e. The zero-order chi connectivity index (χ0) is 9.83. The highest BCUT2D eigenvalue weighted by atomic mass is 28.4. The summed E-state index contributed by atoms with van der Waals surface area (Å²) in [4.78, 5) is 0. The average Bonchev–Trinajstić information content (AvgIpc) is 1.99. The third-order valence-electron chi connectivity index (χ3n) is 1.47. The summed E-state index contributed by atoms with van der Waals surface area (Å²) in [7, 11) is 0.699. The van der Waals surface area contributed by atoms with Crippen LogP contribution in [0.1, 0.15) is 20.8 Å². The number of rotatable bonds is 5. The van der Waals surface area contributed by atoms with Crippen LogP contribution in [0.5, 0.6) is 0 Å². The van der Waals surface area contributed by atoms with Crippen LogP contribution in [0.3, 0.4) is 0 Å². The molecule has 5 heteroatoms. The Morgan fingerprint density at radius 3 is 1.75 bits per heavy atom. The summed E-state index contributed by atoms with van der Waals surface area (Å²) in [6.45, 7) is 5.52. The Morgan fingerprint density at radius 2 is 1.67 bits per heavy atom. The van der Waals surface area contributed by atoms with Gasteiger partial charge in [-0.2, -0.15) is 0 Å². The van der Waals surface area contributed by atoms with Crippen molar-refractivity contribution in [3.05, 3.63) is 0 Å². The maximum atomic E-state index is 5.70. The Balaban J connectivity index is 4.30. The lowest BCUT2D eigenvalue weighted by Crippen LogP contribution is -2.52. The van der Waals surface area contributed by atoms with E-state index in [9.17, 15) is 0 Å². The number of nitrogens with two attached hydrogens (primary N) is 1. The van der Waals surface area contributed by atoms with Gasteiger partial charge in [0.1, 0.15) is 5.72 Å². The molecule has 0 fully saturated rings. The molecule has 0 saturated heterocycles. The van der Waals surface area contributed by atoms with Gasteiger partial charge < -0.3 is 19.0 Å². The van der Waals surface area contributed by atoms with Gasteiger partial charge >= 0.3 is 8.80 Å². The Labute approximate surface area is 75.4 Å². The Kier molecular flexibility index (Phi) is 4.36. The van der Waals surface area contributed by atoms with Crippen LogP contribution in [0.25, 0.3) is 0 Å². The lowest BCUT2D eigenvalue weighted by Gasteiger charge is -2.32. The summed E-state index contributed by atoms with van der Waals surface area (Å²) in [5.41, 5.74) is 5.00. The van der Waals surface area contributed by atoms with Gasteiger partial charge in [-0.05, 0) is 13.8 Å². The SMILES string of the molecule is CC[Si](OC)(OC)OC(C)(C)N. The standard InChI is InChI=1S/C7H19NO3Si/c1-6-12(9-4,10-5)11-7(2,3)8/h6,8H2,1-5H3. The van der Waals surface area contributed by atoms with Crippen molar-refractivity contribution in [3.63, 3.8) is 0 Å². The fourth-order valence-electron chi connectivity index (χ4n) is 0.928. The van der Waals surface area contributed by atoms with Gasteiger partial charge in [0, 0.05) is 20.3 Å².